The second-order valence-electron chi connectivity index (χ2n) is 15.9. The number of hydrogen-bond donors (Lipinski definition) is 7. The number of Topliss-reactive ketones (excluding diaryl/α,β-unsaturated/α-hetero) is 1. The van der Waals surface area contributed by atoms with Gasteiger partial charge in [0.1, 0.15) is 48.9 Å². The summed E-state index contributed by atoms with van der Waals surface area (Å²) in [6, 6.07) is 18.5. The summed E-state index contributed by atoms with van der Waals surface area (Å²) in [5.74, 6) is -2.81. The highest BCUT2D eigenvalue weighted by atomic mass is 35.5. The summed E-state index contributed by atoms with van der Waals surface area (Å²) in [7, 11) is 1.44. The number of rotatable bonds is 18. The fourth-order valence-electron chi connectivity index (χ4n) is 7.31. The highest BCUT2D eigenvalue weighted by Crippen LogP contribution is 2.40. The third-order valence-corrected chi connectivity index (χ3v) is 11.3. The number of nitrogens with zero attached hydrogens (tertiary/aromatic N) is 1. The van der Waals surface area contributed by atoms with Gasteiger partial charge in [-0.15, -0.1) is 0 Å². The van der Waals surface area contributed by atoms with Crippen molar-refractivity contribution in [2.45, 2.75) is 76.7 Å². The quantitative estimate of drug-likeness (QED) is 0.0713. The first-order valence-corrected chi connectivity index (χ1v) is 21.9. The minimum Gasteiger partial charge on any atom is -0.492 e. The molecule has 0 saturated heterocycles. The van der Waals surface area contributed by atoms with E-state index in [9.17, 15) is 33.9 Å². The normalized spacial score (nSPS) is 17.0. The predicted octanol–water partition coefficient (Wildman–Crippen LogP) is 3.45. The van der Waals surface area contributed by atoms with Crippen molar-refractivity contribution in [3.63, 3.8) is 0 Å². The van der Waals surface area contributed by atoms with Crippen LogP contribution in [0.2, 0.25) is 5.02 Å². The number of hydrogen-bond acceptors (Lipinski definition) is 11. The summed E-state index contributed by atoms with van der Waals surface area (Å²) < 4.78 is 12.1. The number of amides is 5. The Labute approximate surface area is 383 Å². The second-order valence-corrected chi connectivity index (χ2v) is 16.3. The van der Waals surface area contributed by atoms with Gasteiger partial charge in [-0.25, -0.2) is 0 Å². The van der Waals surface area contributed by atoms with Crippen molar-refractivity contribution in [2.75, 3.05) is 40.0 Å². The van der Waals surface area contributed by atoms with Gasteiger partial charge < -0.3 is 52.2 Å². The van der Waals surface area contributed by atoms with Crippen LogP contribution >= 0.6 is 11.6 Å². The number of carbonyl (C=O) groups excluding carboxylic acids is 6. The molecule has 4 bridgehead atoms. The number of unbranched alkanes of at least 4 members (excludes halogenated alkanes) is 1. The molecule has 1 heterocycles. The Balaban J connectivity index is 1.59. The number of ketones is 1. The lowest BCUT2D eigenvalue weighted by atomic mass is 9.93. The summed E-state index contributed by atoms with van der Waals surface area (Å²) in [4.78, 5) is 84.1. The van der Waals surface area contributed by atoms with Gasteiger partial charge in [0.25, 0.3) is 5.91 Å². The zero-order valence-corrected chi connectivity index (χ0v) is 37.8. The first-order valence-electron chi connectivity index (χ1n) is 21.5. The summed E-state index contributed by atoms with van der Waals surface area (Å²) >= 11 is 6.07. The van der Waals surface area contributed by atoms with E-state index in [4.69, 9.17) is 32.5 Å². The maximum absolute atomic E-state index is 14.8. The van der Waals surface area contributed by atoms with Crippen LogP contribution in [0.15, 0.2) is 84.9 Å². The number of ether oxygens (including phenoxy) is 2. The van der Waals surface area contributed by atoms with Crippen molar-refractivity contribution in [2.24, 2.45) is 11.5 Å². The first-order chi connectivity index (χ1) is 31.1. The molecule has 0 aromatic heterocycles. The number of aliphatic hydroxyl groups excluding tert-OH is 1. The number of nitrogens with one attached hydrogen (secondary N) is 4. The third kappa shape index (κ3) is 13.1. The molecule has 17 heteroatoms. The predicted molar refractivity (Wildman–Crippen MR) is 247 cm³/mol. The van der Waals surface area contributed by atoms with Crippen LogP contribution in [0.5, 0.6) is 11.5 Å². The molecule has 9 N–H and O–H groups in total. The Morgan fingerprint density at radius 1 is 0.831 bits per heavy atom. The molecule has 65 heavy (non-hydrogen) atoms. The average molecular weight is 912 g/mol. The van der Waals surface area contributed by atoms with Crippen molar-refractivity contribution < 1.29 is 43.3 Å². The maximum Gasteiger partial charge on any atom is 0.251 e. The Kier molecular flexibility index (Phi) is 18.0. The third-order valence-electron chi connectivity index (χ3n) is 11.0. The number of likely N-dealkylation sites (N-methyl/N-ethyl adjacent to an activating group) is 1. The molecule has 4 aromatic carbocycles. The summed E-state index contributed by atoms with van der Waals surface area (Å²) in [5.41, 5.74) is 15.5. The molecule has 5 atom stereocenters. The molecular formula is C48H58ClN7O9. The average Bonchev–Trinajstić information content (AvgIpc) is 3.29. The molecule has 346 valence electrons. The van der Waals surface area contributed by atoms with E-state index >= 15 is 0 Å². The van der Waals surface area contributed by atoms with E-state index in [2.05, 4.69) is 21.3 Å². The molecule has 1 aliphatic rings. The number of fused-ring (bicyclic) bond motifs is 5. The summed E-state index contributed by atoms with van der Waals surface area (Å²) in [5, 5.41) is 21.3. The number of benzene rings is 4. The van der Waals surface area contributed by atoms with Crippen LogP contribution in [-0.4, -0.2) is 109 Å². The number of aliphatic hydroxyl groups is 1. The van der Waals surface area contributed by atoms with Crippen LogP contribution in [0.25, 0.3) is 22.3 Å². The molecule has 4 aromatic rings. The molecule has 0 saturated carbocycles. The largest absolute Gasteiger partial charge is 0.492 e. The van der Waals surface area contributed by atoms with Crippen molar-refractivity contribution >= 4 is 46.9 Å². The van der Waals surface area contributed by atoms with Gasteiger partial charge in [-0.05, 0) is 117 Å². The fourth-order valence-corrected chi connectivity index (χ4v) is 7.43. The van der Waals surface area contributed by atoms with E-state index in [1.807, 2.05) is 12.1 Å². The fraction of sp³-hybridized carbons (Fsp3) is 0.375. The molecule has 0 aliphatic carbocycles. The summed E-state index contributed by atoms with van der Waals surface area (Å²) in [6.45, 7) is 4.59. The van der Waals surface area contributed by atoms with Gasteiger partial charge in [-0.2, -0.15) is 0 Å². The number of halogens is 1. The second kappa shape index (κ2) is 23.6. The highest BCUT2D eigenvalue weighted by Gasteiger charge is 2.36. The van der Waals surface area contributed by atoms with Crippen molar-refractivity contribution in [1.82, 2.24) is 26.2 Å². The molecule has 1 aliphatic heterocycles. The smallest absolute Gasteiger partial charge is 0.251 e. The Bertz CT molecular complexity index is 2330. The standard InChI is InChI=1S/C48H58ClN7O9/c1-28(30(3)58)52-46(61)40-26-31-8-18-41(65-24-22-57)37(25-31)38-27-35(15-19-42(38)64-23-21-51)43(47(62)53-29(2)44(59)55-40)56(4)48(63)39(7-5-6-20-50)54-45(60)34-11-9-32(10-12-34)33-13-16-36(49)17-14-33/h8-19,25,27-29,39-40,43,57H,5-7,20-24,26,50-51H2,1-4H3,(H,52,61)(H,53,62)(H,54,60)(H,55,59)/t28-,29-,39-,40-,43-/m0/s1. The Hall–Kier alpha value is -6.33. The minimum atomic E-state index is -1.39. The van der Waals surface area contributed by atoms with Gasteiger partial charge in [0.15, 0.2) is 5.78 Å². The lowest BCUT2D eigenvalue weighted by molar-refractivity contribution is -0.141. The van der Waals surface area contributed by atoms with E-state index in [1.165, 1.54) is 32.7 Å². The van der Waals surface area contributed by atoms with E-state index in [-0.39, 0.29) is 45.0 Å². The highest BCUT2D eigenvalue weighted by molar-refractivity contribution is 6.30. The number of carbonyl (C=O) groups is 6. The van der Waals surface area contributed by atoms with Crippen molar-refractivity contribution in [3.05, 3.63) is 107 Å². The van der Waals surface area contributed by atoms with Crippen LogP contribution in [-0.2, 0) is 30.4 Å². The molecule has 0 spiro atoms. The molecule has 0 radical (unpaired) electrons. The SMILES string of the molecule is CC(=O)[C@H](C)NC(=O)[C@@H]1Cc2ccc(OCCO)c(c2)-c2cc(ccc2OCCN)[C@H](N(C)C(=O)[C@H](CCCCN)NC(=O)c2ccc(-c3ccc(Cl)cc3)cc2)C(=O)N[C@@H](C)C(=O)N1. The van der Waals surface area contributed by atoms with Gasteiger partial charge in [0.2, 0.25) is 23.6 Å². The first kappa shape index (κ1) is 49.7. The minimum absolute atomic E-state index is 0.0293. The lowest BCUT2D eigenvalue weighted by Gasteiger charge is -2.33. The molecule has 16 nitrogen and oxygen atoms in total. The number of nitrogens with two attached hydrogens (primary N) is 2. The molecular weight excluding hydrogens is 854 g/mol. The van der Waals surface area contributed by atoms with Crippen LogP contribution < -0.4 is 42.2 Å². The molecule has 5 rings (SSSR count). The van der Waals surface area contributed by atoms with Gasteiger partial charge in [-0.3, -0.25) is 28.8 Å². The van der Waals surface area contributed by atoms with Crippen LogP contribution in [0.4, 0.5) is 0 Å². The Morgan fingerprint density at radius 3 is 2.09 bits per heavy atom. The van der Waals surface area contributed by atoms with E-state index < -0.39 is 59.7 Å². The zero-order valence-electron chi connectivity index (χ0n) is 37.0. The van der Waals surface area contributed by atoms with E-state index in [1.54, 1.807) is 72.8 Å². The maximum atomic E-state index is 14.8. The molecule has 0 fully saturated rings. The van der Waals surface area contributed by atoms with Gasteiger partial charge >= 0.3 is 0 Å². The van der Waals surface area contributed by atoms with Crippen LogP contribution in [0.1, 0.15) is 67.6 Å². The van der Waals surface area contributed by atoms with Gasteiger partial charge in [-0.1, -0.05) is 48.0 Å². The monoisotopic (exact) mass is 911 g/mol. The van der Waals surface area contributed by atoms with Gasteiger partial charge in [0, 0.05) is 41.7 Å². The van der Waals surface area contributed by atoms with Crippen LogP contribution in [0.3, 0.4) is 0 Å². The molecule has 0 unspecified atom stereocenters. The van der Waals surface area contributed by atoms with Crippen LogP contribution in [0, 0.1) is 0 Å². The van der Waals surface area contributed by atoms with E-state index in [0.717, 1.165) is 11.1 Å². The van der Waals surface area contributed by atoms with Crippen molar-refractivity contribution in [1.29, 1.82) is 0 Å². The molecule has 5 amide bonds. The lowest BCUT2D eigenvalue weighted by Crippen LogP contribution is -2.56. The van der Waals surface area contributed by atoms with E-state index in [0.29, 0.717) is 63.7 Å². The summed E-state index contributed by atoms with van der Waals surface area (Å²) in [6.07, 6.45) is 1.21. The topological polar surface area (TPSA) is 245 Å². The van der Waals surface area contributed by atoms with Crippen molar-refractivity contribution in [3.8, 4) is 33.8 Å². The zero-order chi connectivity index (χ0) is 47.2. The Morgan fingerprint density at radius 2 is 1.46 bits per heavy atom. The van der Waals surface area contributed by atoms with Gasteiger partial charge in [0.05, 0.1) is 12.6 Å².